The lowest BCUT2D eigenvalue weighted by atomic mass is 9.85. The standard InChI is InChI=1S/C59H82N8O18/c1-10-36-37-17-12-13-18-41(37)64-48-38(36)33-67-45(48)31-40-39(51(67)73)34-82-54(76)59(40,11-2)83-53(75)35(3)62-50(72)44-20-16-24-66(44)52(74)43(32-47(69)70)63-46(68)21-25-79-27-29-81-30-28-80-26-23-60-49(71)42(65-56(78)85-58(7,8)9)19-14-15-22-61-55(77)84-57(4,5)6/h12-13,17-18,31,35,42-44H,10-11,14-16,19-30,32-34H2,1-9H3,(H,60,71)(H,61,77)(H,62,72)(H,63,68)(H,65,78)(H,69,70)/t35-,42-,43-,44-,59-/m0/s1. The van der Waals surface area contributed by atoms with Crippen LogP contribution in [0.2, 0.25) is 0 Å². The minimum Gasteiger partial charge on any atom is -0.481 e. The summed E-state index contributed by atoms with van der Waals surface area (Å²) < 4.78 is 40.2. The smallest absolute Gasteiger partial charge is 0.408 e. The highest BCUT2D eigenvalue weighted by atomic mass is 16.6. The number of pyridine rings is 2. The first-order valence-electron chi connectivity index (χ1n) is 28.9. The Labute approximate surface area is 493 Å². The van der Waals surface area contributed by atoms with Gasteiger partial charge in [0.2, 0.25) is 29.2 Å². The number of carbonyl (C=O) groups excluding carboxylic acids is 8. The van der Waals surface area contributed by atoms with E-state index in [0.29, 0.717) is 43.6 Å². The van der Waals surface area contributed by atoms with E-state index in [0.717, 1.165) is 26.9 Å². The predicted octanol–water partition coefficient (Wildman–Crippen LogP) is 3.79. The van der Waals surface area contributed by atoms with Gasteiger partial charge in [-0.05, 0) is 111 Å². The fraction of sp³-hybridized carbons (Fsp3) is 0.610. The Bertz CT molecular complexity index is 3010. The monoisotopic (exact) mass is 1190 g/mol. The Morgan fingerprint density at radius 2 is 1.48 bits per heavy atom. The Kier molecular flexibility index (Phi) is 23.4. The second-order valence-corrected chi connectivity index (χ2v) is 22.9. The molecule has 26 nitrogen and oxygen atoms in total. The number of carboxylic acids is 1. The van der Waals surface area contributed by atoms with Gasteiger partial charge >= 0.3 is 30.1 Å². The number of likely N-dealkylation sites (tertiary alicyclic amines) is 1. The number of fused-ring (bicyclic) bond motifs is 5. The third-order valence-electron chi connectivity index (χ3n) is 14.2. The normalized spacial score (nSPS) is 17.3. The predicted molar refractivity (Wildman–Crippen MR) is 306 cm³/mol. The molecule has 0 spiro atoms. The zero-order valence-corrected chi connectivity index (χ0v) is 50.1. The van der Waals surface area contributed by atoms with E-state index >= 15 is 0 Å². The van der Waals surface area contributed by atoms with Crippen molar-refractivity contribution in [2.45, 2.75) is 174 Å². The summed E-state index contributed by atoms with van der Waals surface area (Å²) in [4.78, 5) is 138. The molecule has 0 unspecified atom stereocenters. The molecule has 6 N–H and O–H groups in total. The van der Waals surface area contributed by atoms with Crippen LogP contribution in [0.25, 0.3) is 22.3 Å². The molecule has 3 aliphatic heterocycles. The van der Waals surface area contributed by atoms with Crippen molar-refractivity contribution in [2.75, 3.05) is 59.3 Å². The molecule has 1 aromatic carbocycles. The van der Waals surface area contributed by atoms with Crippen LogP contribution in [0, 0.1) is 0 Å². The molecule has 2 aromatic heterocycles. The molecule has 5 atom stereocenters. The number of benzene rings is 1. The molecule has 0 aliphatic carbocycles. The number of cyclic esters (lactones) is 1. The van der Waals surface area contributed by atoms with Crippen molar-refractivity contribution in [3.63, 3.8) is 0 Å². The van der Waals surface area contributed by atoms with Crippen molar-refractivity contribution in [1.29, 1.82) is 0 Å². The highest BCUT2D eigenvalue weighted by Crippen LogP contribution is 2.42. The van der Waals surface area contributed by atoms with E-state index in [1.54, 1.807) is 59.1 Å². The van der Waals surface area contributed by atoms with Gasteiger partial charge in [0.25, 0.3) is 5.56 Å². The summed E-state index contributed by atoms with van der Waals surface area (Å²) >= 11 is 0. The van der Waals surface area contributed by atoms with Gasteiger partial charge in [0, 0.05) is 42.6 Å². The fourth-order valence-corrected chi connectivity index (χ4v) is 10.2. The van der Waals surface area contributed by atoms with Crippen molar-refractivity contribution in [3.05, 3.63) is 62.9 Å². The number of aliphatic carboxylic acids is 1. The molecule has 6 amide bonds. The number of amides is 6. The third kappa shape index (κ3) is 17.9. The van der Waals surface area contributed by atoms with E-state index in [1.807, 2.05) is 31.2 Å². The number of unbranched alkanes of at least 4 members (excludes halogenated alkanes) is 1. The van der Waals surface area contributed by atoms with Crippen molar-refractivity contribution in [2.24, 2.45) is 0 Å². The van der Waals surface area contributed by atoms with Crippen molar-refractivity contribution >= 4 is 64.6 Å². The largest absolute Gasteiger partial charge is 0.481 e. The molecular weight excluding hydrogens is 1110 g/mol. The summed E-state index contributed by atoms with van der Waals surface area (Å²) in [6, 6.07) is 4.36. The Hall–Kier alpha value is -7.71. The molecule has 5 heterocycles. The molecule has 3 aromatic rings. The van der Waals surface area contributed by atoms with Gasteiger partial charge in [0.05, 0.1) is 75.1 Å². The van der Waals surface area contributed by atoms with Crippen molar-refractivity contribution in [3.8, 4) is 11.4 Å². The fourth-order valence-electron chi connectivity index (χ4n) is 10.2. The van der Waals surface area contributed by atoms with Gasteiger partial charge in [0.15, 0.2) is 0 Å². The van der Waals surface area contributed by atoms with Crippen LogP contribution in [-0.4, -0.2) is 168 Å². The maximum atomic E-state index is 14.2. The highest BCUT2D eigenvalue weighted by molar-refractivity contribution is 5.96. The number of rotatable bonds is 29. The third-order valence-corrected chi connectivity index (χ3v) is 14.2. The van der Waals surface area contributed by atoms with Gasteiger partial charge in [-0.25, -0.2) is 24.2 Å². The lowest BCUT2D eigenvalue weighted by molar-refractivity contribution is -0.190. The molecule has 466 valence electrons. The lowest BCUT2D eigenvalue weighted by Gasteiger charge is -2.36. The van der Waals surface area contributed by atoms with Gasteiger partial charge in [0.1, 0.15) is 42.0 Å². The quantitative estimate of drug-likeness (QED) is 0.0256. The molecule has 26 heteroatoms. The number of nitrogens with one attached hydrogen (secondary N) is 5. The summed E-state index contributed by atoms with van der Waals surface area (Å²) in [5.41, 5.74) is 0.120. The second-order valence-electron chi connectivity index (χ2n) is 22.9. The number of carbonyl (C=O) groups is 9. The molecule has 0 radical (unpaired) electrons. The lowest BCUT2D eigenvalue weighted by Crippen LogP contribution is -2.56. The molecular formula is C59H82N8O18. The van der Waals surface area contributed by atoms with Gasteiger partial charge in [-0.15, -0.1) is 0 Å². The first-order chi connectivity index (χ1) is 40.3. The van der Waals surface area contributed by atoms with E-state index in [-0.39, 0.29) is 103 Å². The van der Waals surface area contributed by atoms with E-state index in [9.17, 15) is 53.1 Å². The van der Waals surface area contributed by atoms with Crippen LogP contribution in [0.15, 0.2) is 35.1 Å². The average Bonchev–Trinajstić information content (AvgIpc) is 1.74. The number of para-hydroxylation sites is 1. The first-order valence-corrected chi connectivity index (χ1v) is 28.9. The van der Waals surface area contributed by atoms with Crippen LogP contribution in [0.1, 0.15) is 136 Å². The van der Waals surface area contributed by atoms with Crippen LogP contribution in [0.4, 0.5) is 9.59 Å². The second kappa shape index (κ2) is 29.9. The van der Waals surface area contributed by atoms with Crippen LogP contribution in [-0.2, 0) is 91.9 Å². The zero-order valence-electron chi connectivity index (χ0n) is 50.1. The summed E-state index contributed by atoms with van der Waals surface area (Å²) in [5, 5.41) is 23.7. The minimum absolute atomic E-state index is 0.0528. The summed E-state index contributed by atoms with van der Waals surface area (Å²) in [6.07, 6.45) is 0.0591. The van der Waals surface area contributed by atoms with E-state index in [4.69, 9.17) is 38.1 Å². The SMILES string of the molecule is CCc1c2c(nc3ccccc13)-c1cc3c(c(=O)n1C2)COC(=O)[C@@]3(CC)OC(=O)[C@H](C)NC(=O)[C@@H]1CCCN1C(=O)[C@H](CC(=O)O)NC(=O)CCOCCOCCOCCNC(=O)[C@H](CCCCNC(=O)OC(C)(C)C)NC(=O)OC(C)(C)C. The number of carboxylic acid groups (broad SMARTS) is 1. The van der Waals surface area contributed by atoms with E-state index < -0.39 is 107 Å². The number of ether oxygens (including phenoxy) is 7. The molecule has 0 saturated carbocycles. The minimum atomic E-state index is -2.06. The Balaban J connectivity index is 0.915. The maximum absolute atomic E-state index is 14.2. The van der Waals surface area contributed by atoms with Crippen LogP contribution in [0.3, 0.4) is 0 Å². The topological polar surface area (TPSA) is 337 Å². The van der Waals surface area contributed by atoms with Gasteiger partial charge in [-0.2, -0.15) is 0 Å². The number of hydrogen-bond acceptors (Lipinski definition) is 18. The van der Waals surface area contributed by atoms with Crippen LogP contribution in [0.5, 0.6) is 0 Å². The van der Waals surface area contributed by atoms with Crippen molar-refractivity contribution in [1.82, 2.24) is 41.0 Å². The van der Waals surface area contributed by atoms with Crippen molar-refractivity contribution < 1.29 is 81.4 Å². The van der Waals surface area contributed by atoms with Crippen LogP contribution < -0.4 is 32.1 Å². The van der Waals surface area contributed by atoms with E-state index in [2.05, 4.69) is 26.6 Å². The molecule has 6 rings (SSSR count). The number of nitrogens with zero attached hydrogens (tertiary/aromatic N) is 3. The Morgan fingerprint density at radius 1 is 0.812 bits per heavy atom. The first kappa shape index (κ1) is 66.4. The number of aryl methyl sites for hydroxylation is 1. The average molecular weight is 1190 g/mol. The summed E-state index contributed by atoms with van der Waals surface area (Å²) in [7, 11) is 0. The zero-order chi connectivity index (χ0) is 62.2. The molecule has 0 bridgehead atoms. The maximum Gasteiger partial charge on any atom is 0.408 e. The molecule has 85 heavy (non-hydrogen) atoms. The Morgan fingerprint density at radius 3 is 2.15 bits per heavy atom. The molecule has 1 fully saturated rings. The molecule has 1 saturated heterocycles. The van der Waals surface area contributed by atoms with E-state index in [1.165, 1.54) is 6.92 Å². The summed E-state index contributed by atoms with van der Waals surface area (Å²) in [5.74, 6) is -5.99. The van der Waals surface area contributed by atoms with Gasteiger partial charge in [-0.3, -0.25) is 28.8 Å². The summed E-state index contributed by atoms with van der Waals surface area (Å²) in [6.45, 7) is 16.4. The van der Waals surface area contributed by atoms with Gasteiger partial charge < -0.3 is 74.3 Å². The van der Waals surface area contributed by atoms with Crippen LogP contribution >= 0.6 is 0 Å². The highest BCUT2D eigenvalue weighted by Gasteiger charge is 2.51. The number of esters is 2. The molecule has 3 aliphatic rings. The number of aromatic nitrogens is 2. The number of alkyl carbamates (subject to hydrolysis) is 2. The van der Waals surface area contributed by atoms with Gasteiger partial charge in [-0.1, -0.05) is 32.0 Å². The number of hydrogen-bond donors (Lipinski definition) is 6.